The molecule has 27 heavy (non-hydrogen) atoms. The van der Waals surface area contributed by atoms with Crippen molar-refractivity contribution in [3.05, 3.63) is 84.2 Å². The van der Waals surface area contributed by atoms with Crippen molar-refractivity contribution < 1.29 is 9.53 Å². The number of hydrogen-bond acceptors (Lipinski definition) is 3. The van der Waals surface area contributed by atoms with Crippen LogP contribution in [0.2, 0.25) is 0 Å². The third-order valence-electron chi connectivity index (χ3n) is 4.43. The topological polar surface area (TPSA) is 56.1 Å². The number of hydrogen-bond donors (Lipinski definition) is 1. The molecule has 134 valence electrons. The number of ether oxygens (including phenoxy) is 1. The summed E-state index contributed by atoms with van der Waals surface area (Å²) in [6.45, 7) is 1.96. The van der Waals surface area contributed by atoms with E-state index in [1.165, 1.54) is 0 Å². The molecular weight excluding hydrogens is 338 g/mol. The highest BCUT2D eigenvalue weighted by Gasteiger charge is 2.13. The Morgan fingerprint density at radius 3 is 2.59 bits per heavy atom. The molecule has 0 radical (unpaired) electrons. The van der Waals surface area contributed by atoms with E-state index in [9.17, 15) is 4.79 Å². The summed E-state index contributed by atoms with van der Waals surface area (Å²) in [6, 6.07) is 22.9. The Bertz CT molecular complexity index is 1120. The van der Waals surface area contributed by atoms with Crippen molar-refractivity contribution in [2.75, 3.05) is 12.4 Å². The van der Waals surface area contributed by atoms with Gasteiger partial charge in [0.1, 0.15) is 11.6 Å². The van der Waals surface area contributed by atoms with Crippen molar-refractivity contribution in [1.29, 1.82) is 0 Å². The van der Waals surface area contributed by atoms with Crippen LogP contribution in [0.4, 0.5) is 5.69 Å². The number of aryl methyl sites for hydroxylation is 1. The molecule has 1 N–H and O–H groups in total. The number of amides is 1. The molecule has 0 saturated carbocycles. The van der Waals surface area contributed by atoms with E-state index in [1.807, 2.05) is 73.7 Å². The summed E-state index contributed by atoms with van der Waals surface area (Å²) in [4.78, 5) is 17.3. The van der Waals surface area contributed by atoms with E-state index in [2.05, 4.69) is 14.9 Å². The molecule has 0 saturated heterocycles. The van der Waals surface area contributed by atoms with Gasteiger partial charge in [0.15, 0.2) is 0 Å². The van der Waals surface area contributed by atoms with E-state index in [0.717, 1.165) is 22.5 Å². The lowest BCUT2D eigenvalue weighted by Crippen LogP contribution is -2.11. The fourth-order valence-electron chi connectivity index (χ4n) is 3.15. The second-order valence-electron chi connectivity index (χ2n) is 6.22. The van der Waals surface area contributed by atoms with E-state index in [1.54, 1.807) is 13.2 Å². The van der Waals surface area contributed by atoms with Crippen LogP contribution in [0.5, 0.6) is 5.75 Å². The molecule has 0 aliphatic carbocycles. The number of carbonyl (C=O) groups excluding carboxylic acids is 1. The summed E-state index contributed by atoms with van der Waals surface area (Å²) in [6.07, 6.45) is 0. The maximum atomic E-state index is 12.6. The molecule has 0 unspecified atom stereocenters. The van der Waals surface area contributed by atoms with Crippen LogP contribution in [0, 0.1) is 6.92 Å². The number of rotatable bonds is 4. The molecule has 0 fully saturated rings. The first kappa shape index (κ1) is 16.8. The summed E-state index contributed by atoms with van der Waals surface area (Å²) in [5.74, 6) is 1.39. The highest BCUT2D eigenvalue weighted by Crippen LogP contribution is 2.23. The molecule has 1 amide bonds. The summed E-state index contributed by atoms with van der Waals surface area (Å²) in [5.41, 5.74) is 4.05. The van der Waals surface area contributed by atoms with Crippen LogP contribution in [0.25, 0.3) is 16.7 Å². The molecule has 1 aromatic heterocycles. The fraction of sp³-hybridized carbons (Fsp3) is 0.0909. The first-order valence-corrected chi connectivity index (χ1v) is 8.65. The van der Waals surface area contributed by atoms with E-state index in [0.29, 0.717) is 17.0 Å². The van der Waals surface area contributed by atoms with Crippen molar-refractivity contribution >= 4 is 22.6 Å². The molecule has 0 spiro atoms. The van der Waals surface area contributed by atoms with Gasteiger partial charge in [0, 0.05) is 23.0 Å². The number of imidazole rings is 1. The van der Waals surface area contributed by atoms with Gasteiger partial charge < -0.3 is 10.1 Å². The van der Waals surface area contributed by atoms with E-state index >= 15 is 0 Å². The Balaban J connectivity index is 1.67. The van der Waals surface area contributed by atoms with Gasteiger partial charge in [0.05, 0.1) is 18.1 Å². The second-order valence-corrected chi connectivity index (χ2v) is 6.22. The summed E-state index contributed by atoms with van der Waals surface area (Å²) in [5, 5.41) is 2.90. The van der Waals surface area contributed by atoms with Crippen LogP contribution in [0.1, 0.15) is 16.2 Å². The van der Waals surface area contributed by atoms with Crippen LogP contribution in [0.15, 0.2) is 72.8 Å². The van der Waals surface area contributed by atoms with E-state index in [4.69, 9.17) is 4.74 Å². The lowest BCUT2D eigenvalue weighted by molar-refractivity contribution is 0.102. The minimum absolute atomic E-state index is 0.183. The average molecular weight is 357 g/mol. The largest absolute Gasteiger partial charge is 0.497 e. The zero-order chi connectivity index (χ0) is 18.8. The third kappa shape index (κ3) is 3.27. The van der Waals surface area contributed by atoms with Gasteiger partial charge in [-0.15, -0.1) is 0 Å². The van der Waals surface area contributed by atoms with Gasteiger partial charge in [-0.25, -0.2) is 4.98 Å². The summed E-state index contributed by atoms with van der Waals surface area (Å²) >= 11 is 0. The highest BCUT2D eigenvalue weighted by molar-refractivity contribution is 6.06. The van der Waals surface area contributed by atoms with E-state index in [-0.39, 0.29) is 5.91 Å². The highest BCUT2D eigenvalue weighted by atomic mass is 16.5. The smallest absolute Gasteiger partial charge is 0.255 e. The van der Waals surface area contributed by atoms with Crippen molar-refractivity contribution in [3.63, 3.8) is 0 Å². The molecule has 0 aliphatic heterocycles. The quantitative estimate of drug-likeness (QED) is 0.581. The Labute approximate surface area is 157 Å². The number of carbonyl (C=O) groups is 1. The standard InChI is InChI=1S/C22H19N3O2/c1-15-23-20-13-16(22(26)24-17-7-6-10-19(14-17)27-2)11-12-21(20)25(15)18-8-4-3-5-9-18/h3-14H,1-2H3,(H,24,26). The van der Waals surface area contributed by atoms with Crippen LogP contribution in [-0.4, -0.2) is 22.6 Å². The van der Waals surface area contributed by atoms with Crippen LogP contribution >= 0.6 is 0 Å². The maximum absolute atomic E-state index is 12.6. The normalized spacial score (nSPS) is 10.7. The predicted molar refractivity (Wildman–Crippen MR) is 107 cm³/mol. The Morgan fingerprint density at radius 1 is 1.00 bits per heavy atom. The molecule has 5 heteroatoms. The number of aromatic nitrogens is 2. The summed E-state index contributed by atoms with van der Waals surface area (Å²) < 4.78 is 7.28. The number of para-hydroxylation sites is 1. The van der Waals surface area contributed by atoms with Gasteiger partial charge in [-0.3, -0.25) is 9.36 Å². The van der Waals surface area contributed by atoms with Gasteiger partial charge in [0.2, 0.25) is 0 Å². The van der Waals surface area contributed by atoms with Gasteiger partial charge in [-0.1, -0.05) is 24.3 Å². The molecule has 5 nitrogen and oxygen atoms in total. The van der Waals surface area contributed by atoms with Crippen LogP contribution < -0.4 is 10.1 Å². The monoisotopic (exact) mass is 357 g/mol. The maximum Gasteiger partial charge on any atom is 0.255 e. The van der Waals surface area contributed by atoms with Crippen molar-refractivity contribution in [2.45, 2.75) is 6.92 Å². The average Bonchev–Trinajstić information content (AvgIpc) is 3.03. The second kappa shape index (κ2) is 6.96. The first-order valence-electron chi connectivity index (χ1n) is 8.65. The lowest BCUT2D eigenvalue weighted by atomic mass is 10.1. The molecular formula is C22H19N3O2. The minimum Gasteiger partial charge on any atom is -0.497 e. The van der Waals surface area contributed by atoms with Crippen molar-refractivity contribution in [3.8, 4) is 11.4 Å². The lowest BCUT2D eigenvalue weighted by Gasteiger charge is -2.08. The molecule has 0 bridgehead atoms. The number of anilines is 1. The van der Waals surface area contributed by atoms with Gasteiger partial charge in [0.25, 0.3) is 5.91 Å². The Morgan fingerprint density at radius 2 is 1.81 bits per heavy atom. The SMILES string of the molecule is COc1cccc(NC(=O)c2ccc3c(c2)nc(C)n3-c2ccccc2)c1. The fourth-order valence-corrected chi connectivity index (χ4v) is 3.15. The first-order chi connectivity index (χ1) is 13.2. The zero-order valence-electron chi connectivity index (χ0n) is 15.1. The number of methoxy groups -OCH3 is 1. The van der Waals surface area contributed by atoms with Crippen molar-refractivity contribution in [2.24, 2.45) is 0 Å². The molecule has 4 rings (SSSR count). The molecule has 3 aromatic carbocycles. The number of nitrogens with one attached hydrogen (secondary N) is 1. The Hall–Kier alpha value is -3.60. The minimum atomic E-state index is -0.183. The Kier molecular flexibility index (Phi) is 4.34. The third-order valence-corrected chi connectivity index (χ3v) is 4.43. The molecule has 0 atom stereocenters. The summed E-state index contributed by atoms with van der Waals surface area (Å²) in [7, 11) is 1.60. The number of nitrogens with zero attached hydrogens (tertiary/aromatic N) is 2. The van der Waals surface area contributed by atoms with E-state index < -0.39 is 0 Å². The predicted octanol–water partition coefficient (Wildman–Crippen LogP) is 4.59. The molecule has 4 aromatic rings. The van der Waals surface area contributed by atoms with Gasteiger partial charge >= 0.3 is 0 Å². The van der Waals surface area contributed by atoms with Gasteiger partial charge in [-0.2, -0.15) is 0 Å². The van der Waals surface area contributed by atoms with Crippen LogP contribution in [0.3, 0.4) is 0 Å². The molecule has 0 aliphatic rings. The van der Waals surface area contributed by atoms with Gasteiger partial charge in [-0.05, 0) is 49.4 Å². The number of fused-ring (bicyclic) bond motifs is 1. The number of benzene rings is 3. The zero-order valence-corrected chi connectivity index (χ0v) is 15.1. The molecule has 1 heterocycles. The van der Waals surface area contributed by atoms with Crippen molar-refractivity contribution in [1.82, 2.24) is 9.55 Å². The van der Waals surface area contributed by atoms with Crippen LogP contribution in [-0.2, 0) is 0 Å².